The van der Waals surface area contributed by atoms with Crippen molar-refractivity contribution in [1.82, 2.24) is 15.0 Å². The second kappa shape index (κ2) is 8.90. The minimum absolute atomic E-state index is 0.337. The zero-order valence-electron chi connectivity index (χ0n) is 18.5. The number of carbonyl (C=O) groups is 2. The number of amides is 1. The summed E-state index contributed by atoms with van der Waals surface area (Å²) < 4.78 is 7.04. The highest BCUT2D eigenvalue weighted by Gasteiger charge is 2.31. The summed E-state index contributed by atoms with van der Waals surface area (Å²) in [5.74, 6) is 0.247. The molecule has 8 nitrogen and oxygen atoms in total. The molecule has 1 saturated carbocycles. The molecule has 1 aliphatic carbocycles. The second-order valence-electron chi connectivity index (χ2n) is 8.27. The van der Waals surface area contributed by atoms with Crippen LogP contribution in [-0.2, 0) is 11.3 Å². The molecule has 3 aromatic carbocycles. The number of imidazole rings is 1. The van der Waals surface area contributed by atoms with E-state index in [1.54, 1.807) is 18.2 Å². The van der Waals surface area contributed by atoms with Gasteiger partial charge in [-0.25, -0.2) is 15.2 Å². The highest BCUT2D eigenvalue weighted by atomic mass is 16.5. The van der Waals surface area contributed by atoms with Crippen LogP contribution in [0, 0.1) is 4.91 Å². The molecule has 34 heavy (non-hydrogen) atoms. The summed E-state index contributed by atoms with van der Waals surface area (Å²) in [6.45, 7) is 0.403. The quantitative estimate of drug-likeness (QED) is 0.245. The number of aromatic nitrogens is 2. The van der Waals surface area contributed by atoms with E-state index in [0.717, 1.165) is 35.3 Å². The molecule has 170 valence electrons. The second-order valence-corrected chi connectivity index (χ2v) is 8.27. The Hall–Kier alpha value is -4.33. The zero-order valence-corrected chi connectivity index (χ0v) is 18.5. The maximum absolute atomic E-state index is 12.7. The summed E-state index contributed by atoms with van der Waals surface area (Å²) >= 11 is 0. The SMILES string of the molecule is COC(=O)c1cccc2nc(C3CC3)n(Cc3ccc(-c4ccccc4)c(C(=O)NN=O)c3)c12. The maximum Gasteiger partial charge on any atom is 0.340 e. The Morgan fingerprint density at radius 2 is 1.85 bits per heavy atom. The summed E-state index contributed by atoms with van der Waals surface area (Å²) in [5, 5.41) is 2.56. The largest absolute Gasteiger partial charge is 0.465 e. The van der Waals surface area contributed by atoms with Gasteiger partial charge in [0.2, 0.25) is 0 Å². The highest BCUT2D eigenvalue weighted by molar-refractivity contribution is 6.02. The van der Waals surface area contributed by atoms with Crippen molar-refractivity contribution in [3.63, 3.8) is 0 Å². The lowest BCUT2D eigenvalue weighted by Gasteiger charge is -2.14. The highest BCUT2D eigenvalue weighted by Crippen LogP contribution is 2.41. The van der Waals surface area contributed by atoms with Crippen molar-refractivity contribution in [1.29, 1.82) is 0 Å². The van der Waals surface area contributed by atoms with Gasteiger partial charge in [0, 0.05) is 18.0 Å². The van der Waals surface area contributed by atoms with Crippen molar-refractivity contribution in [2.45, 2.75) is 25.3 Å². The summed E-state index contributed by atoms with van der Waals surface area (Å²) in [7, 11) is 1.36. The first-order chi connectivity index (χ1) is 16.6. The Bertz CT molecular complexity index is 1410. The first-order valence-electron chi connectivity index (χ1n) is 11.0. The molecule has 0 unspecified atom stereocenters. The van der Waals surface area contributed by atoms with Gasteiger partial charge in [0.1, 0.15) is 5.82 Å². The van der Waals surface area contributed by atoms with Crippen LogP contribution in [0.2, 0.25) is 0 Å². The third kappa shape index (κ3) is 3.94. The topological polar surface area (TPSA) is 103 Å². The van der Waals surface area contributed by atoms with Gasteiger partial charge < -0.3 is 9.30 Å². The van der Waals surface area contributed by atoms with Crippen LogP contribution in [0.4, 0.5) is 0 Å². The number of methoxy groups -OCH3 is 1. The number of ether oxygens (including phenoxy) is 1. The Labute approximate surface area is 195 Å². The van der Waals surface area contributed by atoms with Crippen molar-refractivity contribution in [2.24, 2.45) is 5.29 Å². The van der Waals surface area contributed by atoms with E-state index in [4.69, 9.17) is 9.72 Å². The van der Waals surface area contributed by atoms with E-state index in [1.807, 2.05) is 58.5 Å². The number of hydrogen-bond acceptors (Lipinski definition) is 6. The van der Waals surface area contributed by atoms with Crippen molar-refractivity contribution in [2.75, 3.05) is 7.11 Å². The molecular formula is C26H22N4O4. The third-order valence-corrected chi connectivity index (χ3v) is 6.05. The number of benzene rings is 3. The Morgan fingerprint density at radius 3 is 2.56 bits per heavy atom. The fraction of sp³-hybridized carbons (Fsp3) is 0.192. The molecule has 0 saturated heterocycles. The molecule has 4 aromatic rings. The van der Waals surface area contributed by atoms with Crippen LogP contribution < -0.4 is 5.43 Å². The van der Waals surface area contributed by atoms with Gasteiger partial charge in [-0.15, -0.1) is 4.91 Å². The first-order valence-corrected chi connectivity index (χ1v) is 11.0. The van der Waals surface area contributed by atoms with Gasteiger partial charge in [0.05, 0.1) is 29.0 Å². The number of rotatable bonds is 7. The first kappa shape index (κ1) is 21.5. The molecular weight excluding hydrogens is 432 g/mol. The summed E-state index contributed by atoms with van der Waals surface area (Å²) in [6.07, 6.45) is 2.09. The van der Waals surface area contributed by atoms with Gasteiger partial charge in [0.25, 0.3) is 5.91 Å². The molecule has 1 heterocycles. The predicted molar refractivity (Wildman–Crippen MR) is 127 cm³/mol. The van der Waals surface area contributed by atoms with Crippen LogP contribution >= 0.6 is 0 Å². The normalized spacial score (nSPS) is 13.0. The molecule has 8 heteroatoms. The lowest BCUT2D eigenvalue weighted by Crippen LogP contribution is -2.18. The van der Waals surface area contributed by atoms with Crippen LogP contribution in [0.5, 0.6) is 0 Å². The van der Waals surface area contributed by atoms with E-state index < -0.39 is 11.9 Å². The fourth-order valence-corrected chi connectivity index (χ4v) is 4.32. The molecule has 1 aliphatic rings. The molecule has 1 fully saturated rings. The predicted octanol–water partition coefficient (Wildman–Crippen LogP) is 4.83. The molecule has 1 amide bonds. The van der Waals surface area contributed by atoms with E-state index in [1.165, 1.54) is 7.11 Å². The standard InChI is InChI=1S/C26H22N4O4/c1-34-26(32)20-8-5-9-22-23(20)30(24(27-22)18-11-12-18)15-16-10-13-19(17-6-3-2-4-7-17)21(14-16)25(31)28-29-33/h2-10,13-14,18H,11-12,15H2,1H3,(H,28,31,33). The van der Waals surface area contributed by atoms with Gasteiger partial charge >= 0.3 is 5.97 Å². The number of nitrogens with zero attached hydrogens (tertiary/aromatic N) is 3. The molecule has 1 aromatic heterocycles. The summed E-state index contributed by atoms with van der Waals surface area (Å²) in [5.41, 5.74) is 6.62. The number of para-hydroxylation sites is 1. The lowest BCUT2D eigenvalue weighted by molar-refractivity contribution is 0.0602. The average Bonchev–Trinajstić information content (AvgIpc) is 3.65. The molecule has 0 radical (unpaired) electrons. The molecule has 0 aliphatic heterocycles. The summed E-state index contributed by atoms with van der Waals surface area (Å²) in [4.78, 5) is 40.7. The van der Waals surface area contributed by atoms with Crippen LogP contribution in [0.25, 0.3) is 22.2 Å². The van der Waals surface area contributed by atoms with Crippen molar-refractivity contribution in [3.05, 3.63) is 94.2 Å². The average molecular weight is 454 g/mol. The summed E-state index contributed by atoms with van der Waals surface area (Å²) in [6, 6.07) is 20.4. The molecule has 0 bridgehead atoms. The van der Waals surface area contributed by atoms with Gasteiger partial charge in [-0.1, -0.05) is 48.5 Å². The minimum atomic E-state index is -0.580. The Balaban J connectivity index is 1.63. The monoisotopic (exact) mass is 454 g/mol. The van der Waals surface area contributed by atoms with Gasteiger partial charge in [-0.3, -0.25) is 4.79 Å². The van der Waals surface area contributed by atoms with Crippen LogP contribution in [0.1, 0.15) is 50.9 Å². The Morgan fingerprint density at radius 1 is 1.06 bits per heavy atom. The fourth-order valence-electron chi connectivity index (χ4n) is 4.32. The van der Waals surface area contributed by atoms with Crippen LogP contribution in [-0.4, -0.2) is 28.5 Å². The van der Waals surface area contributed by atoms with Crippen molar-refractivity contribution in [3.8, 4) is 11.1 Å². The number of fused-ring (bicyclic) bond motifs is 1. The van der Waals surface area contributed by atoms with Gasteiger partial charge in [-0.2, -0.15) is 0 Å². The molecule has 0 atom stereocenters. The molecule has 0 spiro atoms. The van der Waals surface area contributed by atoms with E-state index in [0.29, 0.717) is 34.7 Å². The number of esters is 1. The molecule has 5 rings (SSSR count). The van der Waals surface area contributed by atoms with E-state index in [-0.39, 0.29) is 0 Å². The lowest BCUT2D eigenvalue weighted by atomic mass is 9.97. The number of nitroso groups, excluding NO2 is 1. The maximum atomic E-state index is 12.7. The van der Waals surface area contributed by atoms with Crippen molar-refractivity contribution >= 4 is 22.9 Å². The van der Waals surface area contributed by atoms with Gasteiger partial charge in [0.15, 0.2) is 0 Å². The van der Waals surface area contributed by atoms with Gasteiger partial charge in [-0.05, 0) is 47.7 Å². The third-order valence-electron chi connectivity index (χ3n) is 6.05. The van der Waals surface area contributed by atoms with Crippen LogP contribution in [0.15, 0.2) is 72.0 Å². The minimum Gasteiger partial charge on any atom is -0.465 e. The van der Waals surface area contributed by atoms with E-state index in [9.17, 15) is 14.5 Å². The number of hydrogen-bond donors (Lipinski definition) is 1. The van der Waals surface area contributed by atoms with Crippen molar-refractivity contribution < 1.29 is 14.3 Å². The molecule has 1 N–H and O–H groups in total. The Kier molecular flexibility index (Phi) is 5.63. The smallest absolute Gasteiger partial charge is 0.340 e. The van der Waals surface area contributed by atoms with E-state index >= 15 is 0 Å². The number of nitrogens with one attached hydrogen (secondary N) is 1. The number of carbonyl (C=O) groups excluding carboxylic acids is 2. The zero-order chi connectivity index (χ0) is 23.7. The van der Waals surface area contributed by atoms with Crippen LogP contribution in [0.3, 0.4) is 0 Å². The van der Waals surface area contributed by atoms with E-state index in [2.05, 4.69) is 5.29 Å².